The van der Waals surface area contributed by atoms with Crippen LogP contribution in [0.1, 0.15) is 47.7 Å². The molecular formula is C53H44N4. The molecule has 3 aliphatic rings. The van der Waals surface area contributed by atoms with Gasteiger partial charge in [0.2, 0.25) is 0 Å². The molecule has 6 aromatic carbocycles. The van der Waals surface area contributed by atoms with Crippen LogP contribution < -0.4 is 11.1 Å². The lowest BCUT2D eigenvalue weighted by Crippen LogP contribution is -2.08. The Hall–Kier alpha value is -6.91. The van der Waals surface area contributed by atoms with Crippen LogP contribution in [0.3, 0.4) is 0 Å². The molecule has 1 fully saturated rings. The topological polar surface area (TPSA) is 55.3 Å². The fourth-order valence-electron chi connectivity index (χ4n) is 8.57. The third-order valence-electron chi connectivity index (χ3n) is 11.4. The molecule has 1 aromatic heterocycles. The van der Waals surface area contributed by atoms with Gasteiger partial charge >= 0.3 is 0 Å². The number of nitrogens with zero attached hydrogens (tertiary/aromatic N) is 2. The minimum atomic E-state index is 0.577. The molecule has 0 radical (unpaired) electrons. The summed E-state index contributed by atoms with van der Waals surface area (Å²) in [5.41, 5.74) is 22.1. The van der Waals surface area contributed by atoms with Crippen molar-refractivity contribution >= 4 is 50.8 Å². The number of nitrogens with one attached hydrogen (secondary N) is 1. The van der Waals surface area contributed by atoms with Crippen molar-refractivity contribution in [3.8, 4) is 16.8 Å². The number of aromatic nitrogens is 1. The standard InChI is InChI=1S/C53H44N4/c1-35(54)28-50(55-34-36-14-5-2-6-15-36)45-25-26-49(44-21-12-11-20-43(44)45)56-51-33-41-30-40(41)32-47(51)39-17-13-16-37(29-39)38-24-27-53-48(31-38)46-22-9-4-10-23-52(46)57(53)42-18-7-3-8-19-42/h2-3,5-29,31-33,40-41,56H,4,30,34,54H2,1H3/b35-28-,55-50?. The predicted octanol–water partition coefficient (Wildman–Crippen LogP) is 12.8. The maximum absolute atomic E-state index is 6.26. The predicted molar refractivity (Wildman–Crippen MR) is 241 cm³/mol. The first kappa shape index (κ1) is 34.6. The second-order valence-electron chi connectivity index (χ2n) is 15.5. The first-order valence-corrected chi connectivity index (χ1v) is 20.0. The first-order chi connectivity index (χ1) is 28.1. The van der Waals surface area contributed by atoms with Gasteiger partial charge < -0.3 is 15.6 Å². The van der Waals surface area contributed by atoms with Crippen molar-refractivity contribution in [2.24, 2.45) is 22.6 Å². The van der Waals surface area contributed by atoms with E-state index in [0.717, 1.165) is 45.5 Å². The molecule has 0 amide bonds. The number of rotatable bonds is 9. The third kappa shape index (κ3) is 6.74. The molecule has 2 unspecified atom stereocenters. The van der Waals surface area contributed by atoms with Crippen molar-refractivity contribution in [1.82, 2.24) is 4.57 Å². The highest BCUT2D eigenvalue weighted by Crippen LogP contribution is 2.49. The van der Waals surface area contributed by atoms with Crippen LogP contribution in [-0.2, 0) is 6.54 Å². The lowest BCUT2D eigenvalue weighted by Gasteiger charge is -2.21. The molecule has 4 heteroatoms. The van der Waals surface area contributed by atoms with Gasteiger partial charge in [-0.05, 0) is 108 Å². The molecule has 0 saturated heterocycles. The SMILES string of the molecule is C/C(N)=C/C(=NCc1ccccc1)c1ccc(NC2=CC3CC3C=C2c2cccc(-c3ccc4c(c3)c3c(n4-c4ccccc4)C=CCC=C3)c2)c2ccccc12. The number of anilines is 1. The molecule has 276 valence electrons. The molecule has 0 spiro atoms. The summed E-state index contributed by atoms with van der Waals surface area (Å²) in [5.74, 6) is 1.17. The van der Waals surface area contributed by atoms with Crippen molar-refractivity contribution < 1.29 is 0 Å². The number of benzene rings is 6. The number of hydrogen-bond donors (Lipinski definition) is 2. The largest absolute Gasteiger partial charge is 0.402 e. The van der Waals surface area contributed by atoms with E-state index < -0.39 is 0 Å². The average Bonchev–Trinajstić information content (AvgIpc) is 4.01. The molecule has 0 bridgehead atoms. The number of hydrogen-bond acceptors (Lipinski definition) is 3. The summed E-state index contributed by atoms with van der Waals surface area (Å²) in [5, 5.41) is 7.48. The Morgan fingerprint density at radius 2 is 1.46 bits per heavy atom. The van der Waals surface area contributed by atoms with E-state index in [1.165, 1.54) is 62.1 Å². The van der Waals surface area contributed by atoms with Gasteiger partial charge in [-0.3, -0.25) is 4.99 Å². The van der Waals surface area contributed by atoms with Crippen LogP contribution in [0, 0.1) is 11.8 Å². The van der Waals surface area contributed by atoms with E-state index in [4.69, 9.17) is 10.7 Å². The van der Waals surface area contributed by atoms with Crippen LogP contribution in [0.2, 0.25) is 0 Å². The molecule has 0 aliphatic heterocycles. The van der Waals surface area contributed by atoms with Crippen LogP contribution in [0.5, 0.6) is 0 Å². The van der Waals surface area contributed by atoms with Crippen LogP contribution in [-0.4, -0.2) is 10.3 Å². The zero-order chi connectivity index (χ0) is 38.3. The van der Waals surface area contributed by atoms with Gasteiger partial charge in [-0.2, -0.15) is 0 Å². The Bertz CT molecular complexity index is 2860. The molecule has 1 heterocycles. The smallest absolute Gasteiger partial charge is 0.0673 e. The molecular weight excluding hydrogens is 693 g/mol. The van der Waals surface area contributed by atoms with E-state index in [1.54, 1.807) is 0 Å². The molecule has 4 nitrogen and oxygen atoms in total. The number of aliphatic imine (C=N–C) groups is 1. The maximum Gasteiger partial charge on any atom is 0.0673 e. The van der Waals surface area contributed by atoms with Crippen molar-refractivity contribution in [3.63, 3.8) is 0 Å². The Morgan fingerprint density at radius 3 is 2.30 bits per heavy atom. The zero-order valence-electron chi connectivity index (χ0n) is 32.1. The molecule has 1 saturated carbocycles. The van der Waals surface area contributed by atoms with Crippen LogP contribution in [0.25, 0.3) is 56.2 Å². The second-order valence-corrected chi connectivity index (χ2v) is 15.5. The fraction of sp³-hybridized carbons (Fsp3) is 0.113. The van der Waals surface area contributed by atoms with Gasteiger partial charge in [-0.15, -0.1) is 0 Å². The molecule has 3 aliphatic carbocycles. The minimum absolute atomic E-state index is 0.577. The van der Waals surface area contributed by atoms with E-state index in [0.29, 0.717) is 18.4 Å². The van der Waals surface area contributed by atoms with Crippen molar-refractivity contribution in [3.05, 3.63) is 209 Å². The summed E-state index contributed by atoms with van der Waals surface area (Å²) in [4.78, 5) is 5.07. The summed E-state index contributed by atoms with van der Waals surface area (Å²) in [6.45, 7) is 2.51. The van der Waals surface area contributed by atoms with E-state index >= 15 is 0 Å². The van der Waals surface area contributed by atoms with E-state index in [2.05, 4.69) is 180 Å². The molecule has 3 N–H and O–H groups in total. The molecule has 7 aromatic rings. The number of nitrogens with two attached hydrogens (primary N) is 1. The summed E-state index contributed by atoms with van der Waals surface area (Å²) < 4.78 is 2.39. The summed E-state index contributed by atoms with van der Waals surface area (Å²) >= 11 is 0. The second kappa shape index (κ2) is 14.6. The molecule has 57 heavy (non-hydrogen) atoms. The van der Waals surface area contributed by atoms with Crippen LogP contribution in [0.15, 0.2) is 186 Å². The van der Waals surface area contributed by atoms with E-state index in [1.807, 2.05) is 19.1 Å². The van der Waals surface area contributed by atoms with E-state index in [-0.39, 0.29) is 0 Å². The number of allylic oxidation sites excluding steroid dienone is 7. The van der Waals surface area contributed by atoms with Gasteiger partial charge in [0.15, 0.2) is 0 Å². The highest BCUT2D eigenvalue weighted by molar-refractivity contribution is 6.18. The number of fused-ring (bicyclic) bond motifs is 5. The highest BCUT2D eigenvalue weighted by Gasteiger charge is 2.38. The Balaban J connectivity index is 0.999. The van der Waals surface area contributed by atoms with Gasteiger partial charge in [-0.25, -0.2) is 0 Å². The zero-order valence-corrected chi connectivity index (χ0v) is 32.1. The van der Waals surface area contributed by atoms with Gasteiger partial charge in [0.05, 0.1) is 23.5 Å². The molecule has 10 rings (SSSR count). The van der Waals surface area contributed by atoms with Crippen molar-refractivity contribution in [2.45, 2.75) is 26.3 Å². The van der Waals surface area contributed by atoms with Gasteiger partial charge in [0.25, 0.3) is 0 Å². The third-order valence-corrected chi connectivity index (χ3v) is 11.4. The van der Waals surface area contributed by atoms with E-state index in [9.17, 15) is 0 Å². The normalized spacial score (nSPS) is 17.5. The minimum Gasteiger partial charge on any atom is -0.402 e. The average molecular weight is 737 g/mol. The highest BCUT2D eigenvalue weighted by atomic mass is 15.0. The van der Waals surface area contributed by atoms with Crippen LogP contribution >= 0.6 is 0 Å². The van der Waals surface area contributed by atoms with Crippen LogP contribution in [0.4, 0.5) is 5.69 Å². The Morgan fingerprint density at radius 1 is 0.719 bits per heavy atom. The van der Waals surface area contributed by atoms with Gasteiger partial charge in [0, 0.05) is 50.2 Å². The maximum atomic E-state index is 6.26. The molecule has 2 atom stereocenters. The van der Waals surface area contributed by atoms with Gasteiger partial charge in [-0.1, -0.05) is 134 Å². The number of para-hydroxylation sites is 1. The lowest BCUT2D eigenvalue weighted by molar-refractivity contribution is 0.971. The van der Waals surface area contributed by atoms with Crippen molar-refractivity contribution in [1.29, 1.82) is 0 Å². The monoisotopic (exact) mass is 736 g/mol. The quantitative estimate of drug-likeness (QED) is 0.145. The first-order valence-electron chi connectivity index (χ1n) is 20.0. The fourth-order valence-corrected chi connectivity index (χ4v) is 8.57. The summed E-state index contributed by atoms with van der Waals surface area (Å²) in [6, 6.07) is 50.1. The van der Waals surface area contributed by atoms with Crippen molar-refractivity contribution in [2.75, 3.05) is 5.32 Å². The lowest BCUT2D eigenvalue weighted by atomic mass is 9.92. The summed E-state index contributed by atoms with van der Waals surface area (Å²) in [6.07, 6.45) is 18.2. The Kier molecular flexibility index (Phi) is 8.87. The summed E-state index contributed by atoms with van der Waals surface area (Å²) in [7, 11) is 0. The Labute approximate surface area is 334 Å². The van der Waals surface area contributed by atoms with Gasteiger partial charge in [0.1, 0.15) is 0 Å².